The molecule has 1 fully saturated rings. The van der Waals surface area contributed by atoms with Crippen LogP contribution in [-0.2, 0) is 17.8 Å². The van der Waals surface area contributed by atoms with Crippen molar-refractivity contribution < 1.29 is 9.90 Å². The molecule has 2 aliphatic rings. The molecule has 74 valence electrons. The maximum atomic E-state index is 10.8. The lowest BCUT2D eigenvalue weighted by molar-refractivity contribution is -0.141. The van der Waals surface area contributed by atoms with Gasteiger partial charge in [0.25, 0.3) is 0 Å². The Morgan fingerprint density at radius 2 is 2.21 bits per heavy atom. The number of carbonyl (C=O) groups is 1. The number of hydrogen-bond acceptors (Lipinski definition) is 3. The van der Waals surface area contributed by atoms with Gasteiger partial charge in [-0.05, 0) is 12.8 Å². The van der Waals surface area contributed by atoms with Crippen molar-refractivity contribution in [1.29, 1.82) is 0 Å². The van der Waals surface area contributed by atoms with E-state index in [1.165, 1.54) is 12.8 Å². The number of carboxylic acids is 1. The van der Waals surface area contributed by atoms with Crippen LogP contribution in [0.5, 0.6) is 0 Å². The molecule has 1 aliphatic heterocycles. The molecule has 0 saturated heterocycles. The second-order valence-corrected chi connectivity index (χ2v) is 4.10. The summed E-state index contributed by atoms with van der Waals surface area (Å²) in [4.78, 5) is 10.8. The summed E-state index contributed by atoms with van der Waals surface area (Å²) in [7, 11) is 0. The number of carboxylic acid groups (broad SMARTS) is 1. The average Bonchev–Trinajstić information content (AvgIpc) is 2.77. The summed E-state index contributed by atoms with van der Waals surface area (Å²) in [5, 5.41) is 17.0. The van der Waals surface area contributed by atoms with Crippen molar-refractivity contribution in [2.24, 2.45) is 5.92 Å². The van der Waals surface area contributed by atoms with E-state index in [-0.39, 0.29) is 5.92 Å². The number of hydrogen-bond donors (Lipinski definition) is 1. The predicted octanol–water partition coefficient (Wildman–Crippen LogP) is 0.412. The van der Waals surface area contributed by atoms with Crippen LogP contribution in [-0.4, -0.2) is 25.8 Å². The molecule has 0 spiro atoms. The van der Waals surface area contributed by atoms with E-state index < -0.39 is 5.97 Å². The molecular weight excluding hydrogens is 182 g/mol. The molecule has 1 atom stereocenters. The second kappa shape index (κ2) is 2.56. The van der Waals surface area contributed by atoms with Crippen LogP contribution < -0.4 is 0 Å². The Kier molecular flexibility index (Phi) is 1.45. The van der Waals surface area contributed by atoms with Crippen molar-refractivity contribution in [2.75, 3.05) is 0 Å². The Bertz CT molecular complexity index is 395. The standard InChI is InChI=1S/C9H11N3O2/c13-9(14)6-3-7-10-11-8(5-1-2-5)12(7)4-6/h5-6H,1-4H2,(H,13,14)/t6-/m0/s1. The second-order valence-electron chi connectivity index (χ2n) is 4.10. The zero-order valence-corrected chi connectivity index (χ0v) is 7.68. The third kappa shape index (κ3) is 1.05. The third-order valence-corrected chi connectivity index (χ3v) is 2.98. The molecule has 1 aromatic heterocycles. The van der Waals surface area contributed by atoms with Crippen LogP contribution in [0.4, 0.5) is 0 Å². The summed E-state index contributed by atoms with van der Waals surface area (Å²) in [5.41, 5.74) is 0. The molecule has 1 N–H and O–H groups in total. The molecule has 1 saturated carbocycles. The molecule has 0 bridgehead atoms. The van der Waals surface area contributed by atoms with Gasteiger partial charge in [0.2, 0.25) is 0 Å². The average molecular weight is 193 g/mol. The maximum absolute atomic E-state index is 10.8. The first-order chi connectivity index (χ1) is 6.75. The zero-order chi connectivity index (χ0) is 9.71. The third-order valence-electron chi connectivity index (χ3n) is 2.98. The van der Waals surface area contributed by atoms with E-state index in [1.54, 1.807) is 0 Å². The van der Waals surface area contributed by atoms with Crippen molar-refractivity contribution in [1.82, 2.24) is 14.8 Å². The maximum Gasteiger partial charge on any atom is 0.308 e. The Balaban J connectivity index is 1.91. The van der Waals surface area contributed by atoms with E-state index in [2.05, 4.69) is 10.2 Å². The van der Waals surface area contributed by atoms with E-state index in [4.69, 9.17) is 5.11 Å². The minimum atomic E-state index is -0.725. The quantitative estimate of drug-likeness (QED) is 0.738. The Hall–Kier alpha value is -1.39. The molecule has 0 aromatic carbocycles. The fraction of sp³-hybridized carbons (Fsp3) is 0.667. The van der Waals surface area contributed by atoms with Crippen molar-refractivity contribution >= 4 is 5.97 Å². The van der Waals surface area contributed by atoms with Gasteiger partial charge in [0, 0.05) is 18.9 Å². The highest BCUT2D eigenvalue weighted by molar-refractivity contribution is 5.70. The first-order valence-electron chi connectivity index (χ1n) is 4.90. The smallest absolute Gasteiger partial charge is 0.308 e. The van der Waals surface area contributed by atoms with Crippen LogP contribution in [0.1, 0.15) is 30.4 Å². The Labute approximate surface area is 80.8 Å². The van der Waals surface area contributed by atoms with Crippen LogP contribution in [0.15, 0.2) is 0 Å². The van der Waals surface area contributed by atoms with Gasteiger partial charge >= 0.3 is 5.97 Å². The zero-order valence-electron chi connectivity index (χ0n) is 7.68. The molecule has 3 rings (SSSR count). The van der Waals surface area contributed by atoms with Gasteiger partial charge in [-0.1, -0.05) is 0 Å². The van der Waals surface area contributed by atoms with Crippen molar-refractivity contribution in [2.45, 2.75) is 31.7 Å². The normalized spacial score (nSPS) is 25.0. The van der Waals surface area contributed by atoms with Gasteiger partial charge in [0.05, 0.1) is 5.92 Å². The Morgan fingerprint density at radius 3 is 2.86 bits per heavy atom. The summed E-state index contributed by atoms with van der Waals surface area (Å²) >= 11 is 0. The van der Waals surface area contributed by atoms with Crippen molar-refractivity contribution in [3.05, 3.63) is 11.6 Å². The van der Waals surface area contributed by atoms with Gasteiger partial charge in [0.15, 0.2) is 0 Å². The number of rotatable bonds is 2. The fourth-order valence-corrected chi connectivity index (χ4v) is 2.01. The van der Waals surface area contributed by atoms with Crippen molar-refractivity contribution in [3.8, 4) is 0 Å². The van der Waals surface area contributed by atoms with Crippen LogP contribution >= 0.6 is 0 Å². The van der Waals surface area contributed by atoms with E-state index >= 15 is 0 Å². The van der Waals surface area contributed by atoms with Crippen LogP contribution in [0.3, 0.4) is 0 Å². The summed E-state index contributed by atoms with van der Waals surface area (Å²) in [6.07, 6.45) is 2.89. The molecular formula is C9H11N3O2. The van der Waals surface area contributed by atoms with Gasteiger partial charge in [-0.15, -0.1) is 10.2 Å². The lowest BCUT2D eigenvalue weighted by atomic mass is 10.1. The highest BCUT2D eigenvalue weighted by Gasteiger charge is 2.36. The first-order valence-corrected chi connectivity index (χ1v) is 4.90. The lowest BCUT2D eigenvalue weighted by Gasteiger charge is -2.03. The fourth-order valence-electron chi connectivity index (χ4n) is 2.01. The molecule has 14 heavy (non-hydrogen) atoms. The minimum Gasteiger partial charge on any atom is -0.481 e. The predicted molar refractivity (Wildman–Crippen MR) is 46.8 cm³/mol. The first kappa shape index (κ1) is 7.96. The molecule has 1 aromatic rings. The largest absolute Gasteiger partial charge is 0.481 e. The van der Waals surface area contributed by atoms with Gasteiger partial charge < -0.3 is 9.67 Å². The molecule has 1 aliphatic carbocycles. The minimum absolute atomic E-state index is 0.294. The number of fused-ring (bicyclic) bond motifs is 1. The van der Waals surface area contributed by atoms with Crippen molar-refractivity contribution in [3.63, 3.8) is 0 Å². The summed E-state index contributed by atoms with van der Waals surface area (Å²) in [6.45, 7) is 0.559. The van der Waals surface area contributed by atoms with Crippen LogP contribution in [0, 0.1) is 5.92 Å². The lowest BCUT2D eigenvalue weighted by Crippen LogP contribution is -2.15. The Morgan fingerprint density at radius 1 is 1.43 bits per heavy atom. The molecule has 0 radical (unpaired) electrons. The van der Waals surface area contributed by atoms with E-state index in [9.17, 15) is 4.79 Å². The van der Waals surface area contributed by atoms with Crippen LogP contribution in [0.25, 0.3) is 0 Å². The molecule has 2 heterocycles. The highest BCUT2D eigenvalue weighted by atomic mass is 16.4. The van der Waals surface area contributed by atoms with Crippen LogP contribution in [0.2, 0.25) is 0 Å². The highest BCUT2D eigenvalue weighted by Crippen LogP contribution is 2.40. The van der Waals surface area contributed by atoms with Gasteiger partial charge in [-0.3, -0.25) is 4.79 Å². The summed E-state index contributed by atoms with van der Waals surface area (Å²) < 4.78 is 2.00. The molecule has 5 nitrogen and oxygen atoms in total. The number of aromatic nitrogens is 3. The summed E-state index contributed by atoms with van der Waals surface area (Å²) in [6, 6.07) is 0. The monoisotopic (exact) mass is 193 g/mol. The topological polar surface area (TPSA) is 68.0 Å². The van der Waals surface area contributed by atoms with Gasteiger partial charge in [-0.2, -0.15) is 0 Å². The van der Waals surface area contributed by atoms with E-state index in [0.717, 1.165) is 11.6 Å². The molecule has 0 amide bonds. The molecule has 0 unspecified atom stereocenters. The number of nitrogens with zero attached hydrogens (tertiary/aromatic N) is 3. The van der Waals surface area contributed by atoms with E-state index in [1.807, 2.05) is 4.57 Å². The summed E-state index contributed by atoms with van der Waals surface area (Å²) in [5.74, 6) is 1.38. The SMILES string of the molecule is O=C(O)[C@H]1Cc2nnc(C3CC3)n2C1. The van der Waals surface area contributed by atoms with Gasteiger partial charge in [0.1, 0.15) is 11.6 Å². The van der Waals surface area contributed by atoms with Gasteiger partial charge in [-0.25, -0.2) is 0 Å². The van der Waals surface area contributed by atoms with E-state index in [0.29, 0.717) is 18.9 Å². The number of aliphatic carboxylic acids is 1. The molecule has 5 heteroatoms.